The molecule has 1 heterocycles. The third-order valence-electron chi connectivity index (χ3n) is 5.60. The maximum atomic E-state index is 12.4. The van der Waals surface area contributed by atoms with Gasteiger partial charge in [0.05, 0.1) is 22.5 Å². The van der Waals surface area contributed by atoms with Crippen LogP contribution in [0.5, 0.6) is 11.5 Å². The van der Waals surface area contributed by atoms with Crippen LogP contribution >= 0.6 is 0 Å². The number of benzene rings is 3. The van der Waals surface area contributed by atoms with E-state index >= 15 is 0 Å². The average Bonchev–Trinajstić information content (AvgIpc) is 2.81. The summed E-state index contributed by atoms with van der Waals surface area (Å²) < 4.78 is 31.0. The normalized spacial score (nSPS) is 12.8. The molecule has 0 aromatic heterocycles. The minimum atomic E-state index is -3.72. The van der Waals surface area contributed by atoms with Gasteiger partial charge in [-0.25, -0.2) is 4.83 Å². The van der Waals surface area contributed by atoms with Crippen molar-refractivity contribution in [1.29, 1.82) is 0 Å². The maximum absolute atomic E-state index is 12.4. The fourth-order valence-corrected chi connectivity index (χ4v) is 4.60. The number of para-hydroxylation sites is 2. The van der Waals surface area contributed by atoms with Crippen molar-refractivity contribution in [3.05, 3.63) is 77.9 Å². The van der Waals surface area contributed by atoms with Crippen molar-refractivity contribution in [3.63, 3.8) is 0 Å². The summed E-state index contributed by atoms with van der Waals surface area (Å²) in [7, 11) is -3.72. The molecule has 0 saturated carbocycles. The van der Waals surface area contributed by atoms with Gasteiger partial charge in [-0.3, -0.25) is 0 Å². The molecule has 3 aromatic rings. The highest BCUT2D eigenvalue weighted by atomic mass is 32.2. The Morgan fingerprint density at radius 2 is 1.70 bits per heavy atom. The van der Waals surface area contributed by atoms with Crippen LogP contribution in [0.1, 0.15) is 43.7 Å². The summed E-state index contributed by atoms with van der Waals surface area (Å²) in [6, 6.07) is 20.5. The predicted molar refractivity (Wildman–Crippen MR) is 133 cm³/mol. The number of aryl methyl sites for hydroxylation is 1. The van der Waals surface area contributed by atoms with Crippen LogP contribution in [0.25, 0.3) is 0 Å². The molecule has 1 aliphatic rings. The molecule has 6 nitrogen and oxygen atoms in total. The highest BCUT2D eigenvalue weighted by Crippen LogP contribution is 2.46. The Hall–Kier alpha value is -3.32. The second-order valence-corrected chi connectivity index (χ2v) is 9.84. The summed E-state index contributed by atoms with van der Waals surface area (Å²) in [5.41, 5.74) is 3.80. The van der Waals surface area contributed by atoms with E-state index in [-0.39, 0.29) is 4.90 Å². The van der Waals surface area contributed by atoms with E-state index in [1.165, 1.54) is 25.5 Å². The summed E-state index contributed by atoms with van der Waals surface area (Å²) >= 11 is 0. The maximum Gasteiger partial charge on any atom is 0.276 e. The smallest absolute Gasteiger partial charge is 0.276 e. The second-order valence-electron chi connectivity index (χ2n) is 8.18. The molecule has 0 bridgehead atoms. The molecule has 0 radical (unpaired) electrons. The van der Waals surface area contributed by atoms with Crippen LogP contribution < -0.4 is 14.5 Å². The first kappa shape index (κ1) is 22.9. The molecule has 0 unspecified atom stereocenters. The molecule has 0 fully saturated rings. The summed E-state index contributed by atoms with van der Waals surface area (Å²) in [5.74, 6) is 1.55. The molecule has 0 amide bonds. The number of hydrazone groups is 1. The molecule has 1 N–H and O–H groups in total. The average molecular weight is 464 g/mol. The molecule has 4 rings (SSSR count). The van der Waals surface area contributed by atoms with E-state index in [0.717, 1.165) is 47.0 Å². The van der Waals surface area contributed by atoms with E-state index in [0.29, 0.717) is 0 Å². The molecule has 0 atom stereocenters. The number of sulfonamides is 1. The lowest BCUT2D eigenvalue weighted by Gasteiger charge is -2.33. The molecule has 33 heavy (non-hydrogen) atoms. The highest BCUT2D eigenvalue weighted by Gasteiger charge is 2.23. The van der Waals surface area contributed by atoms with Crippen molar-refractivity contribution in [1.82, 2.24) is 4.83 Å². The van der Waals surface area contributed by atoms with E-state index in [1.54, 1.807) is 24.3 Å². The largest absolute Gasteiger partial charge is 0.453 e. The van der Waals surface area contributed by atoms with Crippen molar-refractivity contribution < 1.29 is 13.2 Å². The first-order chi connectivity index (χ1) is 16.0. The van der Waals surface area contributed by atoms with Gasteiger partial charge in [-0.15, -0.1) is 0 Å². The number of hydrogen-bond acceptors (Lipinski definition) is 5. The van der Waals surface area contributed by atoms with Crippen LogP contribution in [-0.2, 0) is 10.0 Å². The lowest BCUT2D eigenvalue weighted by molar-refractivity contribution is 0.472. The van der Waals surface area contributed by atoms with Crippen molar-refractivity contribution >= 4 is 27.6 Å². The lowest BCUT2D eigenvalue weighted by atomic mass is 10.1. The molecular weight excluding hydrogens is 434 g/mol. The van der Waals surface area contributed by atoms with Crippen molar-refractivity contribution in [2.24, 2.45) is 5.10 Å². The van der Waals surface area contributed by atoms with E-state index in [4.69, 9.17) is 4.74 Å². The van der Waals surface area contributed by atoms with Crippen LogP contribution in [0.2, 0.25) is 0 Å². The van der Waals surface area contributed by atoms with Crippen molar-refractivity contribution in [2.45, 2.75) is 44.4 Å². The van der Waals surface area contributed by atoms with Crippen molar-refractivity contribution in [2.75, 3.05) is 11.4 Å². The number of unbranched alkanes of at least 4 members (excludes halogenated alkanes) is 3. The Balaban J connectivity index is 1.52. The van der Waals surface area contributed by atoms with E-state index in [9.17, 15) is 8.42 Å². The zero-order valence-corrected chi connectivity index (χ0v) is 19.8. The molecular formula is C26H29N3O3S. The van der Waals surface area contributed by atoms with Gasteiger partial charge in [-0.05, 0) is 55.3 Å². The van der Waals surface area contributed by atoms with Gasteiger partial charge < -0.3 is 9.64 Å². The van der Waals surface area contributed by atoms with Gasteiger partial charge in [0.2, 0.25) is 0 Å². The SMILES string of the molecule is CCCCCCN1c2ccccc2Oc2cc(/C=N/NS(=O)(=O)c3ccc(C)cc3)ccc21. The summed E-state index contributed by atoms with van der Waals surface area (Å²) in [5, 5.41) is 3.96. The monoisotopic (exact) mass is 463 g/mol. The fraction of sp³-hybridized carbons (Fsp3) is 0.269. The summed E-state index contributed by atoms with van der Waals surface area (Å²) in [6.07, 6.45) is 6.21. The number of ether oxygens (including phenoxy) is 1. The second kappa shape index (κ2) is 10.1. The highest BCUT2D eigenvalue weighted by molar-refractivity contribution is 7.89. The lowest BCUT2D eigenvalue weighted by Crippen LogP contribution is -2.22. The quantitative estimate of drug-likeness (QED) is 0.235. The van der Waals surface area contributed by atoms with E-state index in [1.807, 2.05) is 43.3 Å². The Morgan fingerprint density at radius 1 is 0.939 bits per heavy atom. The first-order valence-corrected chi connectivity index (χ1v) is 12.8. The molecule has 0 spiro atoms. The molecule has 0 saturated heterocycles. The van der Waals surface area contributed by atoms with Gasteiger partial charge in [-0.1, -0.05) is 62.1 Å². The van der Waals surface area contributed by atoms with E-state index < -0.39 is 10.0 Å². The third kappa shape index (κ3) is 5.37. The van der Waals surface area contributed by atoms with E-state index in [2.05, 4.69) is 27.8 Å². The minimum absolute atomic E-state index is 0.175. The number of rotatable bonds is 9. The van der Waals surface area contributed by atoms with Crippen LogP contribution in [0.15, 0.2) is 76.7 Å². The summed E-state index contributed by atoms with van der Waals surface area (Å²) in [6.45, 7) is 5.03. The Morgan fingerprint density at radius 3 is 2.48 bits per heavy atom. The summed E-state index contributed by atoms with van der Waals surface area (Å²) in [4.78, 5) is 4.75. The number of nitrogens with one attached hydrogen (secondary N) is 1. The van der Waals surface area contributed by atoms with Crippen LogP contribution in [-0.4, -0.2) is 21.2 Å². The number of nitrogens with zero attached hydrogens (tertiary/aromatic N) is 2. The predicted octanol–water partition coefficient (Wildman–Crippen LogP) is 6.13. The molecule has 0 aliphatic carbocycles. The topological polar surface area (TPSA) is 71.0 Å². The molecule has 172 valence electrons. The van der Waals surface area contributed by atoms with Gasteiger partial charge in [0.25, 0.3) is 10.0 Å². The number of hydrogen-bond donors (Lipinski definition) is 1. The Bertz CT molecular complexity index is 1240. The van der Waals surface area contributed by atoms with Gasteiger partial charge in [0.1, 0.15) is 0 Å². The Kier molecular flexibility index (Phi) is 6.99. The Labute approximate surface area is 196 Å². The number of anilines is 2. The zero-order valence-electron chi connectivity index (χ0n) is 19.0. The molecule has 1 aliphatic heterocycles. The van der Waals surface area contributed by atoms with Gasteiger partial charge in [-0.2, -0.15) is 13.5 Å². The fourth-order valence-electron chi connectivity index (χ4n) is 3.81. The van der Waals surface area contributed by atoms with Gasteiger partial charge in [0.15, 0.2) is 11.5 Å². The van der Waals surface area contributed by atoms with Crippen LogP contribution in [0.3, 0.4) is 0 Å². The van der Waals surface area contributed by atoms with Crippen LogP contribution in [0.4, 0.5) is 11.4 Å². The van der Waals surface area contributed by atoms with Crippen LogP contribution in [0, 0.1) is 6.92 Å². The molecule has 3 aromatic carbocycles. The molecule has 7 heteroatoms. The number of fused-ring (bicyclic) bond motifs is 2. The third-order valence-corrected chi connectivity index (χ3v) is 6.84. The standard InChI is InChI=1S/C26H29N3O3S/c1-3-4-5-8-17-29-23-9-6-7-10-25(23)32-26-18-21(13-16-24(26)29)19-27-28-33(30,31)22-14-11-20(2)12-15-22/h6-7,9-16,18-19,28H,3-5,8,17H2,1-2H3/b27-19+. The zero-order chi connectivity index (χ0) is 23.3. The van der Waals surface area contributed by atoms with Gasteiger partial charge in [0, 0.05) is 6.54 Å². The minimum Gasteiger partial charge on any atom is -0.453 e. The van der Waals surface area contributed by atoms with Gasteiger partial charge >= 0.3 is 0 Å². The van der Waals surface area contributed by atoms with Crippen molar-refractivity contribution in [3.8, 4) is 11.5 Å². The first-order valence-electron chi connectivity index (χ1n) is 11.3.